The van der Waals surface area contributed by atoms with E-state index in [-0.39, 0.29) is 18.6 Å². The van der Waals surface area contributed by atoms with Crippen molar-refractivity contribution >= 4 is 38.3 Å². The average Bonchev–Trinajstić information content (AvgIpc) is 2.76. The molecule has 3 N–H and O–H groups in total. The molecule has 0 spiro atoms. The number of fused-ring (bicyclic) bond motifs is 1. The van der Waals surface area contributed by atoms with Crippen LogP contribution in [-0.4, -0.2) is 23.6 Å². The largest absolute Gasteiger partial charge is 0.399 e. The van der Waals surface area contributed by atoms with Crippen LogP contribution >= 0.6 is 11.3 Å². The van der Waals surface area contributed by atoms with E-state index in [9.17, 15) is 4.79 Å². The predicted octanol–water partition coefficient (Wildman–Crippen LogP) is 3.27. The number of nitrogens with two attached hydrogens (primary N) is 1. The second-order valence-electron chi connectivity index (χ2n) is 5.55. The quantitative estimate of drug-likeness (QED) is 0.803. The molecule has 6 heteroatoms. The van der Waals surface area contributed by atoms with Crippen molar-refractivity contribution in [1.29, 1.82) is 0 Å². The summed E-state index contributed by atoms with van der Waals surface area (Å²) >= 11 is 1.41. The van der Waals surface area contributed by atoms with Crippen LogP contribution in [0.5, 0.6) is 0 Å². The maximum atomic E-state index is 11.9. The van der Waals surface area contributed by atoms with E-state index in [4.69, 9.17) is 10.5 Å². The third-order valence-electron chi connectivity index (χ3n) is 2.96. The first kappa shape index (κ1) is 15.7. The zero-order chi connectivity index (χ0) is 15.4. The summed E-state index contributed by atoms with van der Waals surface area (Å²) in [6, 6.07) is 5.49. The van der Waals surface area contributed by atoms with Crippen LogP contribution in [0, 0.1) is 5.92 Å². The van der Waals surface area contributed by atoms with Crippen LogP contribution in [-0.2, 0) is 9.53 Å². The number of carbonyl (C=O) groups excluding carboxylic acids is 1. The number of anilines is 2. The normalized spacial score (nSPS) is 12.8. The first-order valence-corrected chi connectivity index (χ1v) is 7.83. The number of hydrogen-bond acceptors (Lipinski definition) is 5. The fourth-order valence-electron chi connectivity index (χ4n) is 2.10. The Labute approximate surface area is 128 Å². The molecule has 21 heavy (non-hydrogen) atoms. The number of nitrogens with zero attached hydrogens (tertiary/aromatic N) is 1. The summed E-state index contributed by atoms with van der Waals surface area (Å²) in [5.41, 5.74) is 7.25. The standard InChI is InChI=1S/C15H21N3O2S/c1-9(2)6-10(3)20-8-14(19)18-15-17-12-5-4-11(16)7-13(12)21-15/h4-5,7,9-10H,6,8,16H2,1-3H3,(H,17,18,19). The monoisotopic (exact) mass is 307 g/mol. The maximum Gasteiger partial charge on any atom is 0.252 e. The molecular formula is C15H21N3O2S. The van der Waals surface area contributed by atoms with Crippen LogP contribution in [0.1, 0.15) is 27.2 Å². The van der Waals surface area contributed by atoms with Crippen LogP contribution in [0.2, 0.25) is 0 Å². The molecule has 0 radical (unpaired) electrons. The first-order chi connectivity index (χ1) is 9.94. The molecule has 1 aromatic heterocycles. The SMILES string of the molecule is CC(C)CC(C)OCC(=O)Nc1nc2ccc(N)cc2s1. The number of hydrogen-bond donors (Lipinski definition) is 2. The van der Waals surface area contributed by atoms with Gasteiger partial charge in [0, 0.05) is 5.69 Å². The molecule has 0 aliphatic heterocycles. The van der Waals surface area contributed by atoms with Gasteiger partial charge in [0.15, 0.2) is 5.13 Å². The minimum Gasteiger partial charge on any atom is -0.399 e. The topological polar surface area (TPSA) is 77.2 Å². The lowest BCUT2D eigenvalue weighted by atomic mass is 10.1. The van der Waals surface area contributed by atoms with Crippen LogP contribution in [0.3, 0.4) is 0 Å². The van der Waals surface area contributed by atoms with E-state index in [1.807, 2.05) is 19.1 Å². The number of amides is 1. The van der Waals surface area contributed by atoms with Crippen molar-refractivity contribution < 1.29 is 9.53 Å². The molecule has 1 atom stereocenters. The molecule has 0 saturated carbocycles. The van der Waals surface area contributed by atoms with E-state index in [2.05, 4.69) is 24.1 Å². The summed E-state index contributed by atoms with van der Waals surface area (Å²) < 4.78 is 6.48. The third-order valence-corrected chi connectivity index (χ3v) is 3.89. The first-order valence-electron chi connectivity index (χ1n) is 7.01. The lowest BCUT2D eigenvalue weighted by Crippen LogP contribution is -2.22. The third kappa shape index (κ3) is 4.68. The predicted molar refractivity (Wildman–Crippen MR) is 87.5 cm³/mol. The average molecular weight is 307 g/mol. The Morgan fingerprint density at radius 2 is 2.19 bits per heavy atom. The smallest absolute Gasteiger partial charge is 0.252 e. The highest BCUT2D eigenvalue weighted by molar-refractivity contribution is 7.22. The number of nitrogens with one attached hydrogen (secondary N) is 1. The molecule has 2 aromatic rings. The summed E-state index contributed by atoms with van der Waals surface area (Å²) in [5, 5.41) is 3.33. The van der Waals surface area contributed by atoms with E-state index < -0.39 is 0 Å². The molecule has 1 aromatic carbocycles. The van der Waals surface area contributed by atoms with Crippen molar-refractivity contribution in [3.63, 3.8) is 0 Å². The van der Waals surface area contributed by atoms with Gasteiger partial charge in [-0.2, -0.15) is 0 Å². The molecule has 5 nitrogen and oxygen atoms in total. The number of thiazole rings is 1. The molecule has 114 valence electrons. The Balaban J connectivity index is 1.89. The van der Waals surface area contributed by atoms with Crippen LogP contribution in [0.4, 0.5) is 10.8 Å². The van der Waals surface area contributed by atoms with Crippen LogP contribution < -0.4 is 11.1 Å². The van der Waals surface area contributed by atoms with Gasteiger partial charge in [0.2, 0.25) is 0 Å². The van der Waals surface area contributed by atoms with Gasteiger partial charge in [0.1, 0.15) is 6.61 Å². The summed E-state index contributed by atoms with van der Waals surface area (Å²) in [6.07, 6.45) is 1.01. The van der Waals surface area contributed by atoms with Gasteiger partial charge in [-0.15, -0.1) is 0 Å². The molecule has 1 unspecified atom stereocenters. The maximum absolute atomic E-state index is 11.9. The minimum absolute atomic E-state index is 0.0476. The number of nitrogen functional groups attached to an aromatic ring is 1. The van der Waals surface area contributed by atoms with Crippen molar-refractivity contribution in [3.8, 4) is 0 Å². The highest BCUT2D eigenvalue weighted by Gasteiger charge is 2.11. The summed E-state index contributed by atoms with van der Waals surface area (Å²) in [7, 11) is 0. The van der Waals surface area contributed by atoms with Gasteiger partial charge in [-0.1, -0.05) is 25.2 Å². The molecule has 0 bridgehead atoms. The minimum atomic E-state index is -0.183. The lowest BCUT2D eigenvalue weighted by molar-refractivity contribution is -0.122. The summed E-state index contributed by atoms with van der Waals surface area (Å²) in [5.74, 6) is 0.371. The van der Waals surface area contributed by atoms with Gasteiger partial charge >= 0.3 is 0 Å². The van der Waals surface area contributed by atoms with Crippen molar-refractivity contribution in [2.45, 2.75) is 33.3 Å². The molecule has 2 rings (SSSR count). The van der Waals surface area contributed by atoms with Crippen molar-refractivity contribution in [2.75, 3.05) is 17.7 Å². The van der Waals surface area contributed by atoms with E-state index in [1.54, 1.807) is 6.07 Å². The van der Waals surface area contributed by atoms with Gasteiger partial charge in [0.05, 0.1) is 16.3 Å². The number of aromatic nitrogens is 1. The highest BCUT2D eigenvalue weighted by Crippen LogP contribution is 2.27. The zero-order valence-electron chi connectivity index (χ0n) is 12.6. The highest BCUT2D eigenvalue weighted by atomic mass is 32.1. The van der Waals surface area contributed by atoms with Crippen LogP contribution in [0.15, 0.2) is 18.2 Å². The number of ether oxygens (including phenoxy) is 1. The molecular weight excluding hydrogens is 286 g/mol. The molecule has 0 aliphatic rings. The van der Waals surface area contributed by atoms with E-state index in [0.29, 0.717) is 16.7 Å². The Kier molecular flexibility index (Phi) is 5.14. The van der Waals surface area contributed by atoms with Gasteiger partial charge in [-0.05, 0) is 37.5 Å². The van der Waals surface area contributed by atoms with Gasteiger partial charge in [0.25, 0.3) is 5.91 Å². The fourth-order valence-corrected chi connectivity index (χ4v) is 3.03. The number of carbonyl (C=O) groups is 1. The van der Waals surface area contributed by atoms with Crippen molar-refractivity contribution in [1.82, 2.24) is 4.98 Å². The number of rotatable bonds is 6. The van der Waals surface area contributed by atoms with Crippen molar-refractivity contribution in [3.05, 3.63) is 18.2 Å². The van der Waals surface area contributed by atoms with E-state index >= 15 is 0 Å². The molecule has 0 saturated heterocycles. The fraction of sp³-hybridized carbons (Fsp3) is 0.467. The van der Waals surface area contributed by atoms with Crippen LogP contribution in [0.25, 0.3) is 10.2 Å². The Morgan fingerprint density at radius 1 is 1.43 bits per heavy atom. The second kappa shape index (κ2) is 6.87. The lowest BCUT2D eigenvalue weighted by Gasteiger charge is -2.14. The van der Waals surface area contributed by atoms with E-state index in [1.165, 1.54) is 11.3 Å². The Morgan fingerprint density at radius 3 is 2.90 bits per heavy atom. The van der Waals surface area contributed by atoms with Gasteiger partial charge < -0.3 is 10.5 Å². The molecule has 1 heterocycles. The zero-order valence-corrected chi connectivity index (χ0v) is 13.4. The molecule has 0 aliphatic carbocycles. The van der Waals surface area contributed by atoms with Gasteiger partial charge in [-0.3, -0.25) is 10.1 Å². The second-order valence-corrected chi connectivity index (χ2v) is 6.58. The van der Waals surface area contributed by atoms with E-state index in [0.717, 1.165) is 16.6 Å². The van der Waals surface area contributed by atoms with Gasteiger partial charge in [-0.25, -0.2) is 4.98 Å². The van der Waals surface area contributed by atoms with Crippen molar-refractivity contribution in [2.24, 2.45) is 5.92 Å². The Hall–Kier alpha value is -1.66. The molecule has 1 amide bonds. The molecule has 0 fully saturated rings. The number of benzene rings is 1. The Bertz CT molecular complexity index is 624. The summed E-state index contributed by atoms with van der Waals surface area (Å²) in [4.78, 5) is 16.2. The summed E-state index contributed by atoms with van der Waals surface area (Å²) in [6.45, 7) is 6.29.